The molecule has 0 aromatic heterocycles. The highest BCUT2D eigenvalue weighted by Gasteiger charge is 2.54. The van der Waals surface area contributed by atoms with Crippen LogP contribution in [-0.2, 0) is 11.2 Å². The predicted octanol–water partition coefficient (Wildman–Crippen LogP) is 5.47. The van der Waals surface area contributed by atoms with Crippen LogP contribution in [0.25, 0.3) is 0 Å². The standard InChI is InChI=1S/C22H29O2P/c1-13-10-15-12-17(24-25)5-6-18(15)19-8-9-22(3)16(11-14(2)23)4-7-20(22)21(13)19/h5-6,11-13,19-21H,4,7-10,25H2,1-3H3/b16-11+/t13-,19?,20?,21?,22?/m1/s1/i25T/t13-,19?,20?,21?,22?,25?. The molecule has 4 rings (SSSR count). The number of carbonyl (C=O) groups excluding carboxylic acids is 1. The van der Waals surface area contributed by atoms with Crippen LogP contribution in [0.1, 0.15) is 63.5 Å². The van der Waals surface area contributed by atoms with Gasteiger partial charge < -0.3 is 4.52 Å². The van der Waals surface area contributed by atoms with Crippen molar-refractivity contribution in [2.24, 2.45) is 23.2 Å². The second-order valence-electron chi connectivity index (χ2n) is 8.71. The number of fused-ring (bicyclic) bond motifs is 5. The molecule has 0 radical (unpaired) electrons. The second-order valence-corrected chi connectivity index (χ2v) is 8.91. The van der Waals surface area contributed by atoms with Gasteiger partial charge in [0.05, 0.1) is 10.7 Å². The van der Waals surface area contributed by atoms with Crippen LogP contribution >= 0.6 is 9.41 Å². The molecule has 25 heavy (non-hydrogen) atoms. The van der Waals surface area contributed by atoms with E-state index in [1.54, 1.807) is 6.92 Å². The third-order valence-corrected chi connectivity index (χ3v) is 7.62. The van der Waals surface area contributed by atoms with E-state index in [-0.39, 0.29) is 20.6 Å². The molecule has 0 heterocycles. The zero-order valence-electron chi connectivity index (χ0n) is 16.5. The van der Waals surface area contributed by atoms with Gasteiger partial charge in [-0.3, -0.25) is 4.79 Å². The minimum Gasteiger partial charge on any atom is -0.480 e. The first kappa shape index (κ1) is 16.1. The zero-order chi connectivity index (χ0) is 18.5. The van der Waals surface area contributed by atoms with Crippen molar-refractivity contribution in [3.05, 3.63) is 41.0 Å². The predicted molar refractivity (Wildman–Crippen MR) is 105 cm³/mol. The summed E-state index contributed by atoms with van der Waals surface area (Å²) >= 11 is 0. The third kappa shape index (κ3) is 2.69. The lowest BCUT2D eigenvalue weighted by molar-refractivity contribution is -0.112. The maximum absolute atomic E-state index is 11.7. The smallest absolute Gasteiger partial charge is 0.152 e. The van der Waals surface area contributed by atoms with Crippen molar-refractivity contribution < 1.29 is 9.32 Å². The molecule has 6 atom stereocenters. The van der Waals surface area contributed by atoms with Crippen LogP contribution in [0, 0.1) is 23.2 Å². The van der Waals surface area contributed by atoms with Gasteiger partial charge in [-0.05, 0) is 97.5 Å². The Morgan fingerprint density at radius 1 is 1.44 bits per heavy atom. The molecule has 0 amide bonds. The van der Waals surface area contributed by atoms with Gasteiger partial charge in [-0.25, -0.2) is 0 Å². The number of rotatable bonds is 3. The molecule has 5 unspecified atom stereocenters. The van der Waals surface area contributed by atoms with Crippen molar-refractivity contribution in [2.45, 2.75) is 58.8 Å². The van der Waals surface area contributed by atoms with E-state index in [1.807, 2.05) is 6.08 Å². The molecule has 1 aromatic carbocycles. The van der Waals surface area contributed by atoms with Gasteiger partial charge in [0.15, 0.2) is 5.78 Å². The maximum atomic E-state index is 11.7. The number of carbonyl (C=O) groups is 1. The molecule has 3 aliphatic carbocycles. The first-order valence-corrected chi connectivity index (χ1v) is 10.0. The summed E-state index contributed by atoms with van der Waals surface area (Å²) in [6.45, 7) is 6.52. The van der Waals surface area contributed by atoms with E-state index in [4.69, 9.17) is 5.80 Å². The first-order valence-electron chi connectivity index (χ1n) is 10.1. The van der Waals surface area contributed by atoms with Gasteiger partial charge in [-0.1, -0.05) is 25.5 Å². The number of allylic oxidation sites excluding steroid dienone is 2. The molecule has 3 heteroatoms. The van der Waals surface area contributed by atoms with Crippen LogP contribution in [0.15, 0.2) is 29.8 Å². The van der Waals surface area contributed by atoms with Crippen LogP contribution in [-0.4, -0.2) is 7.06 Å². The van der Waals surface area contributed by atoms with Crippen LogP contribution in [0.4, 0.5) is 0 Å². The summed E-state index contributed by atoms with van der Waals surface area (Å²) < 4.78 is 12.7. The lowest BCUT2D eigenvalue weighted by atomic mass is 9.52. The number of hydrogen-bond donors (Lipinski definition) is 0. The van der Waals surface area contributed by atoms with Crippen LogP contribution < -0.4 is 4.52 Å². The number of benzene rings is 1. The molecule has 0 saturated heterocycles. The molecule has 0 bridgehead atoms. The van der Waals surface area contributed by atoms with Crippen LogP contribution in [0.3, 0.4) is 0 Å². The molecule has 3 aliphatic rings. The average Bonchev–Trinajstić information content (AvgIpc) is 2.91. The highest BCUT2D eigenvalue weighted by molar-refractivity contribution is 7.10. The maximum Gasteiger partial charge on any atom is 0.152 e. The summed E-state index contributed by atoms with van der Waals surface area (Å²) in [6.07, 6.45) is 7.78. The van der Waals surface area contributed by atoms with Crippen molar-refractivity contribution in [3.63, 3.8) is 0 Å². The summed E-state index contributed by atoms with van der Waals surface area (Å²) in [4.78, 5) is 11.7. The monoisotopic (exact) mass is 358 g/mol. The Labute approximate surface area is 155 Å². The molecule has 2 fully saturated rings. The Balaban J connectivity index is 1.68. The molecule has 0 aliphatic heterocycles. The van der Waals surface area contributed by atoms with E-state index in [2.05, 4.69) is 32.0 Å². The summed E-state index contributed by atoms with van der Waals surface area (Å²) in [7, 11) is -0.250. The van der Waals surface area contributed by atoms with Crippen LogP contribution in [0.5, 0.6) is 5.75 Å². The summed E-state index contributed by atoms with van der Waals surface area (Å²) in [5.74, 6) is 3.74. The zero-order valence-corrected chi connectivity index (χ0v) is 16.5. The fraction of sp³-hybridized carbons (Fsp3) is 0.591. The highest BCUT2D eigenvalue weighted by atomic mass is 31.0. The fourth-order valence-corrected chi connectivity index (χ4v) is 6.48. The third-order valence-electron chi connectivity index (χ3n) is 7.39. The molecule has 0 spiro atoms. The van der Waals surface area contributed by atoms with Crippen LogP contribution in [0.2, 0.25) is 0 Å². The Hall–Kier alpha value is -1.14. The van der Waals surface area contributed by atoms with Crippen molar-refractivity contribution in [1.82, 2.24) is 0 Å². The molecule has 2 saturated carbocycles. The molecule has 1 aromatic rings. The van der Waals surface area contributed by atoms with Crippen molar-refractivity contribution in [2.75, 3.05) is 0 Å². The van der Waals surface area contributed by atoms with Gasteiger partial charge >= 0.3 is 0 Å². The number of hydrogen-bond acceptors (Lipinski definition) is 2. The molecule has 2 nitrogen and oxygen atoms in total. The lowest BCUT2D eigenvalue weighted by Gasteiger charge is -2.52. The molecular formula is C22H29O2P. The van der Waals surface area contributed by atoms with E-state index in [9.17, 15) is 4.79 Å². The van der Waals surface area contributed by atoms with E-state index >= 15 is 0 Å². The summed E-state index contributed by atoms with van der Waals surface area (Å²) in [5, 5.41) is 0. The SMILES string of the molecule is [3H]POc1ccc2c(c1)C[C@@H](C)C1C2CCC2(C)/C(=C/C(C)=O)CCC12. The molecular weight excluding hydrogens is 327 g/mol. The van der Waals surface area contributed by atoms with E-state index in [0.29, 0.717) is 23.7 Å². The lowest BCUT2D eigenvalue weighted by Crippen LogP contribution is -2.43. The van der Waals surface area contributed by atoms with Gasteiger partial charge in [-0.2, -0.15) is 0 Å². The quantitative estimate of drug-likeness (QED) is 0.529. The van der Waals surface area contributed by atoms with E-state index < -0.39 is 0 Å². The van der Waals surface area contributed by atoms with Gasteiger partial charge in [0.1, 0.15) is 5.75 Å². The highest BCUT2D eigenvalue weighted by Crippen LogP contribution is 2.63. The van der Waals surface area contributed by atoms with Crippen molar-refractivity contribution >= 4 is 15.2 Å². The Morgan fingerprint density at radius 2 is 2.28 bits per heavy atom. The Bertz CT molecular complexity index is 759. The number of ketones is 1. The normalized spacial score (nSPS) is 39.0. The second kappa shape index (κ2) is 6.23. The van der Waals surface area contributed by atoms with Gasteiger partial charge in [-0.15, -0.1) is 0 Å². The van der Waals surface area contributed by atoms with Gasteiger partial charge in [0, 0.05) is 0 Å². The Kier molecular flexibility index (Phi) is 4.01. The Morgan fingerprint density at radius 3 is 3.04 bits per heavy atom. The fourth-order valence-electron chi connectivity index (χ4n) is 6.35. The van der Waals surface area contributed by atoms with E-state index in [1.165, 1.54) is 36.0 Å². The summed E-state index contributed by atoms with van der Waals surface area (Å²) in [6, 6.07) is 6.49. The van der Waals surface area contributed by atoms with Gasteiger partial charge in [0.25, 0.3) is 0 Å². The largest absolute Gasteiger partial charge is 0.480 e. The average molecular weight is 358 g/mol. The molecule has 0 N–H and O–H groups in total. The minimum atomic E-state index is -0.250. The van der Waals surface area contributed by atoms with Gasteiger partial charge in [0.2, 0.25) is 0 Å². The minimum absolute atomic E-state index is 0.202. The van der Waals surface area contributed by atoms with Crippen molar-refractivity contribution in [3.8, 4) is 5.75 Å². The van der Waals surface area contributed by atoms with E-state index in [0.717, 1.165) is 18.6 Å². The van der Waals surface area contributed by atoms with Crippen molar-refractivity contribution in [1.29, 1.82) is 1.28 Å². The topological polar surface area (TPSA) is 26.3 Å². The summed E-state index contributed by atoms with van der Waals surface area (Å²) in [5.41, 5.74) is 4.57. The molecule has 134 valence electrons. The first-order chi connectivity index (χ1) is 12.4.